The zero-order valence-electron chi connectivity index (χ0n) is 21.6. The van der Waals surface area contributed by atoms with Crippen molar-refractivity contribution in [3.05, 3.63) is 110 Å². The molecule has 0 aliphatic carbocycles. The van der Waals surface area contributed by atoms with Crippen molar-refractivity contribution >= 4 is 52.5 Å². The van der Waals surface area contributed by atoms with Crippen molar-refractivity contribution in [1.82, 2.24) is 10.2 Å². The number of nitro groups is 1. The van der Waals surface area contributed by atoms with Crippen LogP contribution in [0.25, 0.3) is 0 Å². The lowest BCUT2D eigenvalue weighted by atomic mass is 10.0. The smallest absolute Gasteiger partial charge is 0.269 e. The molecule has 0 spiro atoms. The summed E-state index contributed by atoms with van der Waals surface area (Å²) in [5, 5.41) is 14.7. The second kappa shape index (κ2) is 15.5. The predicted octanol–water partition coefficient (Wildman–Crippen LogP) is 6.69. The molecule has 3 rings (SSSR count). The van der Waals surface area contributed by atoms with Crippen LogP contribution in [0.1, 0.15) is 36.5 Å². The molecule has 0 fully saturated rings. The van der Waals surface area contributed by atoms with Gasteiger partial charge in [-0.25, -0.2) is 0 Å². The summed E-state index contributed by atoms with van der Waals surface area (Å²) in [5.41, 5.74) is 2.59. The molecule has 0 radical (unpaired) electrons. The first-order valence-electron chi connectivity index (χ1n) is 12.6. The summed E-state index contributed by atoms with van der Waals surface area (Å²) in [5.74, 6) is 0.225. The molecule has 0 bridgehead atoms. The van der Waals surface area contributed by atoms with Gasteiger partial charge in [-0.15, -0.1) is 11.8 Å². The van der Waals surface area contributed by atoms with Gasteiger partial charge in [-0.3, -0.25) is 19.7 Å². The zero-order chi connectivity index (χ0) is 28.2. The normalized spacial score (nSPS) is 11.6. The van der Waals surface area contributed by atoms with Crippen LogP contribution < -0.4 is 5.32 Å². The number of hydrogen-bond acceptors (Lipinski definition) is 5. The Morgan fingerprint density at radius 2 is 1.67 bits per heavy atom. The van der Waals surface area contributed by atoms with Crippen molar-refractivity contribution in [1.29, 1.82) is 0 Å². The van der Waals surface area contributed by atoms with Crippen molar-refractivity contribution in [2.24, 2.45) is 0 Å². The molecule has 10 heteroatoms. The fourth-order valence-electron chi connectivity index (χ4n) is 3.95. The Balaban J connectivity index is 1.83. The molecule has 0 aromatic heterocycles. The van der Waals surface area contributed by atoms with Crippen molar-refractivity contribution < 1.29 is 14.5 Å². The van der Waals surface area contributed by atoms with E-state index in [9.17, 15) is 19.7 Å². The largest absolute Gasteiger partial charge is 0.354 e. The van der Waals surface area contributed by atoms with E-state index in [1.54, 1.807) is 35.2 Å². The first-order valence-corrected chi connectivity index (χ1v) is 14.6. The lowest BCUT2D eigenvalue weighted by molar-refractivity contribution is -0.384. The SMILES string of the molecule is CCCCNC(=O)[C@@H](Cc1ccccc1)N(Cc1ccc(Cl)c(Cl)c1)C(=O)CSCc1ccc([N+](=O)[O-])cc1. The van der Waals surface area contributed by atoms with Gasteiger partial charge in [0, 0.05) is 37.4 Å². The van der Waals surface area contributed by atoms with Crippen LogP contribution in [0.3, 0.4) is 0 Å². The number of nitro benzene ring substituents is 1. The summed E-state index contributed by atoms with van der Waals surface area (Å²) in [6, 6.07) is 20.3. The van der Waals surface area contributed by atoms with E-state index in [0.29, 0.717) is 28.8 Å². The number of rotatable bonds is 14. The number of halogens is 2. The van der Waals surface area contributed by atoms with Crippen LogP contribution >= 0.6 is 35.0 Å². The Morgan fingerprint density at radius 3 is 2.31 bits per heavy atom. The maximum Gasteiger partial charge on any atom is 0.269 e. The van der Waals surface area contributed by atoms with Gasteiger partial charge in [0.25, 0.3) is 5.69 Å². The molecule has 7 nitrogen and oxygen atoms in total. The van der Waals surface area contributed by atoms with Crippen LogP contribution in [0.4, 0.5) is 5.69 Å². The lowest BCUT2D eigenvalue weighted by Crippen LogP contribution is -2.51. The van der Waals surface area contributed by atoms with E-state index in [0.717, 1.165) is 29.5 Å². The first kappa shape index (κ1) is 30.5. The molecule has 206 valence electrons. The fourth-order valence-corrected chi connectivity index (χ4v) is 5.14. The molecule has 0 unspecified atom stereocenters. The Hall–Kier alpha value is -3.07. The molecular formula is C29H31Cl2N3O4S. The van der Waals surface area contributed by atoms with Crippen molar-refractivity contribution in [3.8, 4) is 0 Å². The summed E-state index contributed by atoms with van der Waals surface area (Å²) >= 11 is 13.8. The van der Waals surface area contributed by atoms with Crippen LogP contribution in [-0.4, -0.2) is 40.0 Å². The van der Waals surface area contributed by atoms with Crippen molar-refractivity contribution in [3.63, 3.8) is 0 Å². The van der Waals surface area contributed by atoms with E-state index in [1.807, 2.05) is 30.3 Å². The molecule has 3 aromatic carbocycles. The summed E-state index contributed by atoms with van der Waals surface area (Å²) in [6.45, 7) is 2.77. The second-order valence-electron chi connectivity index (χ2n) is 9.04. The lowest BCUT2D eigenvalue weighted by Gasteiger charge is -2.31. The minimum Gasteiger partial charge on any atom is -0.354 e. The third-order valence-corrected chi connectivity index (χ3v) is 7.81. The number of nitrogens with one attached hydrogen (secondary N) is 1. The van der Waals surface area contributed by atoms with Gasteiger partial charge in [-0.05, 0) is 35.2 Å². The van der Waals surface area contributed by atoms with E-state index < -0.39 is 11.0 Å². The maximum atomic E-state index is 13.7. The van der Waals surface area contributed by atoms with Gasteiger partial charge in [0.15, 0.2) is 0 Å². The Kier molecular flexibility index (Phi) is 12.1. The van der Waals surface area contributed by atoms with Crippen molar-refractivity contribution in [2.45, 2.75) is 44.5 Å². The topological polar surface area (TPSA) is 92.6 Å². The quantitative estimate of drug-likeness (QED) is 0.129. The van der Waals surface area contributed by atoms with Gasteiger partial charge >= 0.3 is 0 Å². The molecule has 0 saturated carbocycles. The predicted molar refractivity (Wildman–Crippen MR) is 158 cm³/mol. The molecular weight excluding hydrogens is 557 g/mol. The summed E-state index contributed by atoms with van der Waals surface area (Å²) < 4.78 is 0. The highest BCUT2D eigenvalue weighted by atomic mass is 35.5. The van der Waals surface area contributed by atoms with Crippen LogP contribution in [0, 0.1) is 10.1 Å². The second-order valence-corrected chi connectivity index (χ2v) is 10.8. The van der Waals surface area contributed by atoms with Gasteiger partial charge in [0.1, 0.15) is 6.04 Å². The molecule has 39 heavy (non-hydrogen) atoms. The number of amides is 2. The summed E-state index contributed by atoms with van der Waals surface area (Å²) in [7, 11) is 0. The number of hydrogen-bond donors (Lipinski definition) is 1. The van der Waals surface area contributed by atoms with Gasteiger partial charge in [-0.1, -0.05) is 85.1 Å². The van der Waals surface area contributed by atoms with Gasteiger partial charge in [-0.2, -0.15) is 0 Å². The minimum absolute atomic E-state index is 0.0190. The van der Waals surface area contributed by atoms with Crippen molar-refractivity contribution in [2.75, 3.05) is 12.3 Å². The molecule has 2 amide bonds. The number of benzene rings is 3. The third kappa shape index (κ3) is 9.56. The molecule has 0 heterocycles. The number of non-ortho nitro benzene ring substituents is 1. The highest BCUT2D eigenvalue weighted by molar-refractivity contribution is 7.99. The summed E-state index contributed by atoms with van der Waals surface area (Å²) in [6.07, 6.45) is 2.14. The number of nitrogens with zero attached hydrogens (tertiary/aromatic N) is 2. The maximum absolute atomic E-state index is 13.7. The summed E-state index contributed by atoms with van der Waals surface area (Å²) in [4.78, 5) is 39.2. The third-order valence-electron chi connectivity index (χ3n) is 6.08. The fraction of sp³-hybridized carbons (Fsp3) is 0.310. The van der Waals surface area contributed by atoms with E-state index in [-0.39, 0.29) is 29.8 Å². The Bertz CT molecular complexity index is 1260. The van der Waals surface area contributed by atoms with Crippen LogP contribution in [0.5, 0.6) is 0 Å². The monoisotopic (exact) mass is 587 g/mol. The van der Waals surface area contributed by atoms with Crippen LogP contribution in [0.15, 0.2) is 72.8 Å². The van der Waals surface area contributed by atoms with E-state index in [4.69, 9.17) is 23.2 Å². The first-order chi connectivity index (χ1) is 18.8. The number of carbonyl (C=O) groups excluding carboxylic acids is 2. The molecule has 3 aromatic rings. The van der Waals surface area contributed by atoms with Gasteiger partial charge in [0.05, 0.1) is 20.7 Å². The number of unbranched alkanes of at least 4 members (excludes halogenated alkanes) is 1. The highest BCUT2D eigenvalue weighted by Gasteiger charge is 2.30. The molecule has 1 atom stereocenters. The van der Waals surface area contributed by atoms with E-state index in [2.05, 4.69) is 12.2 Å². The number of carbonyl (C=O) groups is 2. The molecule has 0 saturated heterocycles. The van der Waals surface area contributed by atoms with Gasteiger partial charge in [0.2, 0.25) is 11.8 Å². The minimum atomic E-state index is -0.730. The number of thioether (sulfide) groups is 1. The van der Waals surface area contributed by atoms with E-state index >= 15 is 0 Å². The molecule has 0 aliphatic heterocycles. The standard InChI is InChI=1S/C29H31Cl2N3O4S/c1-2-3-15-32-29(36)27(17-21-7-5-4-6-8-21)33(18-23-11-14-25(30)26(31)16-23)28(35)20-39-19-22-9-12-24(13-10-22)34(37)38/h4-14,16,27H,2-3,15,17-20H2,1H3,(H,32,36)/t27-/m1/s1. The van der Waals surface area contributed by atoms with Gasteiger partial charge < -0.3 is 10.2 Å². The average molecular weight is 589 g/mol. The Morgan fingerprint density at radius 1 is 0.974 bits per heavy atom. The highest BCUT2D eigenvalue weighted by Crippen LogP contribution is 2.25. The molecule has 1 N–H and O–H groups in total. The average Bonchev–Trinajstić information content (AvgIpc) is 2.93. The Labute approximate surface area is 243 Å². The van der Waals surface area contributed by atoms with E-state index in [1.165, 1.54) is 23.9 Å². The zero-order valence-corrected chi connectivity index (χ0v) is 24.0. The van der Waals surface area contributed by atoms with Crippen LogP contribution in [-0.2, 0) is 28.3 Å². The molecule has 0 aliphatic rings. The van der Waals surface area contributed by atoms with Crippen LogP contribution in [0.2, 0.25) is 10.0 Å².